The zero-order chi connectivity index (χ0) is 9.84. The molecule has 0 amide bonds. The minimum absolute atomic E-state index is 0.0163. The summed E-state index contributed by atoms with van der Waals surface area (Å²) < 4.78 is 0. The van der Waals surface area contributed by atoms with E-state index < -0.39 is 0 Å². The molecule has 2 N–H and O–H groups in total. The van der Waals surface area contributed by atoms with E-state index in [1.54, 1.807) is 0 Å². The van der Waals surface area contributed by atoms with Crippen molar-refractivity contribution in [3.05, 3.63) is 41.7 Å². The lowest BCUT2D eigenvalue weighted by Gasteiger charge is -2.10. The molecule has 0 spiro atoms. The predicted molar refractivity (Wildman–Crippen MR) is 55.3 cm³/mol. The summed E-state index contributed by atoms with van der Waals surface area (Å²) in [5.41, 5.74) is 8.99. The highest BCUT2D eigenvalue weighted by Crippen LogP contribution is 2.15. The summed E-state index contributed by atoms with van der Waals surface area (Å²) in [6.07, 6.45) is 0.802. The monoisotopic (exact) mass is 176 g/mol. The molecule has 70 valence electrons. The maximum absolute atomic E-state index is 5.94. The van der Waals surface area contributed by atoms with Gasteiger partial charge in [-0.05, 0) is 32.4 Å². The van der Waals surface area contributed by atoms with Crippen molar-refractivity contribution < 1.29 is 0 Å². The van der Waals surface area contributed by atoms with Gasteiger partial charge in [0.2, 0.25) is 0 Å². The number of nitrogens with zero attached hydrogens (tertiary/aromatic N) is 1. The summed E-state index contributed by atoms with van der Waals surface area (Å²) in [7, 11) is 0. The van der Waals surface area contributed by atoms with Crippen LogP contribution in [0.15, 0.2) is 30.4 Å². The van der Waals surface area contributed by atoms with Gasteiger partial charge in [0.1, 0.15) is 0 Å². The highest BCUT2D eigenvalue weighted by Gasteiger charge is 2.06. The fraction of sp³-hybridized carbons (Fsp3) is 0.364. The van der Waals surface area contributed by atoms with E-state index >= 15 is 0 Å². The van der Waals surface area contributed by atoms with Gasteiger partial charge in [-0.3, -0.25) is 4.98 Å². The number of aryl methyl sites for hydroxylation is 1. The van der Waals surface area contributed by atoms with Crippen LogP contribution in [0, 0.1) is 6.92 Å². The van der Waals surface area contributed by atoms with Gasteiger partial charge in [-0.15, -0.1) is 6.58 Å². The van der Waals surface area contributed by atoms with Crippen molar-refractivity contribution in [1.29, 1.82) is 0 Å². The van der Waals surface area contributed by atoms with E-state index in [-0.39, 0.29) is 6.04 Å². The first-order valence-electron chi connectivity index (χ1n) is 4.43. The van der Waals surface area contributed by atoms with Crippen LogP contribution in [0.4, 0.5) is 0 Å². The standard InChI is InChI=1S/C11H16N2/c1-8(2)7-10(12)11-6-4-5-9(3)13-11/h4-6,10H,1,7,12H2,2-3H3/t10-/m0/s1. The van der Waals surface area contributed by atoms with Crippen LogP contribution >= 0.6 is 0 Å². The molecule has 1 atom stereocenters. The maximum Gasteiger partial charge on any atom is 0.0577 e. The van der Waals surface area contributed by atoms with Crippen LogP contribution in [0.3, 0.4) is 0 Å². The third-order valence-electron chi connectivity index (χ3n) is 1.86. The highest BCUT2D eigenvalue weighted by atomic mass is 14.8. The van der Waals surface area contributed by atoms with Gasteiger partial charge in [-0.1, -0.05) is 11.6 Å². The van der Waals surface area contributed by atoms with Crippen LogP contribution in [0.5, 0.6) is 0 Å². The molecular weight excluding hydrogens is 160 g/mol. The Kier molecular flexibility index (Phi) is 3.20. The van der Waals surface area contributed by atoms with Crippen molar-refractivity contribution in [2.75, 3.05) is 0 Å². The molecule has 0 aromatic carbocycles. The molecule has 0 aliphatic heterocycles. The van der Waals surface area contributed by atoms with Gasteiger partial charge < -0.3 is 5.73 Å². The number of hydrogen-bond donors (Lipinski definition) is 1. The lowest BCUT2D eigenvalue weighted by molar-refractivity contribution is 0.689. The second-order valence-corrected chi connectivity index (χ2v) is 3.47. The van der Waals surface area contributed by atoms with Crippen molar-refractivity contribution >= 4 is 0 Å². The summed E-state index contributed by atoms with van der Waals surface area (Å²) in [6.45, 7) is 7.79. The zero-order valence-electron chi connectivity index (χ0n) is 8.25. The number of nitrogens with two attached hydrogens (primary N) is 1. The summed E-state index contributed by atoms with van der Waals surface area (Å²) in [5.74, 6) is 0. The molecule has 1 aromatic rings. The van der Waals surface area contributed by atoms with Gasteiger partial charge in [0, 0.05) is 5.69 Å². The van der Waals surface area contributed by atoms with Gasteiger partial charge in [-0.25, -0.2) is 0 Å². The summed E-state index contributed by atoms with van der Waals surface area (Å²) in [5, 5.41) is 0. The van der Waals surface area contributed by atoms with E-state index in [1.165, 1.54) is 0 Å². The molecule has 0 fully saturated rings. The Morgan fingerprint density at radius 3 is 2.85 bits per heavy atom. The number of pyridine rings is 1. The van der Waals surface area contributed by atoms with Gasteiger partial charge in [-0.2, -0.15) is 0 Å². The Hall–Kier alpha value is -1.15. The molecule has 1 aromatic heterocycles. The quantitative estimate of drug-likeness (QED) is 0.718. The first-order chi connectivity index (χ1) is 6.09. The van der Waals surface area contributed by atoms with Crippen LogP contribution < -0.4 is 5.73 Å². The maximum atomic E-state index is 5.94. The fourth-order valence-electron chi connectivity index (χ4n) is 1.25. The summed E-state index contributed by atoms with van der Waals surface area (Å²) in [4.78, 5) is 4.36. The Morgan fingerprint density at radius 1 is 1.62 bits per heavy atom. The van der Waals surface area contributed by atoms with Crippen molar-refractivity contribution in [2.24, 2.45) is 5.73 Å². The van der Waals surface area contributed by atoms with E-state index in [9.17, 15) is 0 Å². The molecule has 0 saturated carbocycles. The van der Waals surface area contributed by atoms with E-state index in [2.05, 4.69) is 11.6 Å². The lowest BCUT2D eigenvalue weighted by atomic mass is 10.1. The van der Waals surface area contributed by atoms with E-state index in [4.69, 9.17) is 5.73 Å². The molecule has 13 heavy (non-hydrogen) atoms. The largest absolute Gasteiger partial charge is 0.322 e. The second kappa shape index (κ2) is 4.19. The molecule has 1 heterocycles. The molecule has 0 saturated heterocycles. The van der Waals surface area contributed by atoms with Gasteiger partial charge >= 0.3 is 0 Å². The molecule has 0 aliphatic carbocycles. The smallest absolute Gasteiger partial charge is 0.0577 e. The summed E-state index contributed by atoms with van der Waals surface area (Å²) in [6, 6.07) is 5.89. The van der Waals surface area contributed by atoms with Crippen LogP contribution in [-0.2, 0) is 0 Å². The van der Waals surface area contributed by atoms with Crippen molar-refractivity contribution in [3.8, 4) is 0 Å². The zero-order valence-corrected chi connectivity index (χ0v) is 8.25. The van der Waals surface area contributed by atoms with Gasteiger partial charge in [0.15, 0.2) is 0 Å². The van der Waals surface area contributed by atoms with Crippen LogP contribution in [0.2, 0.25) is 0 Å². The number of hydrogen-bond acceptors (Lipinski definition) is 2. The van der Waals surface area contributed by atoms with Crippen molar-refractivity contribution in [3.63, 3.8) is 0 Å². The molecule has 0 aliphatic rings. The van der Waals surface area contributed by atoms with Crippen LogP contribution in [0.25, 0.3) is 0 Å². The van der Waals surface area contributed by atoms with Gasteiger partial charge in [0.25, 0.3) is 0 Å². The van der Waals surface area contributed by atoms with Crippen molar-refractivity contribution in [2.45, 2.75) is 26.3 Å². The normalized spacial score (nSPS) is 12.5. The molecule has 0 radical (unpaired) electrons. The first kappa shape index (κ1) is 9.93. The number of aromatic nitrogens is 1. The highest BCUT2D eigenvalue weighted by molar-refractivity contribution is 5.14. The molecule has 1 rings (SSSR count). The lowest BCUT2D eigenvalue weighted by Crippen LogP contribution is -2.12. The van der Waals surface area contributed by atoms with Gasteiger partial charge in [0.05, 0.1) is 11.7 Å². The average Bonchev–Trinajstić information content (AvgIpc) is 2.03. The predicted octanol–water partition coefficient (Wildman–Crippen LogP) is 2.36. The summed E-state index contributed by atoms with van der Waals surface area (Å²) >= 11 is 0. The minimum atomic E-state index is -0.0163. The number of rotatable bonds is 3. The van der Waals surface area contributed by atoms with E-state index in [0.29, 0.717) is 0 Å². The molecular formula is C11H16N2. The van der Waals surface area contributed by atoms with E-state index in [1.807, 2.05) is 32.0 Å². The Bertz CT molecular complexity index is 305. The Labute approximate surface area is 79.5 Å². The molecule has 2 heteroatoms. The van der Waals surface area contributed by atoms with Crippen LogP contribution in [0.1, 0.15) is 30.8 Å². The van der Waals surface area contributed by atoms with E-state index in [0.717, 1.165) is 23.4 Å². The molecule has 0 bridgehead atoms. The fourth-order valence-corrected chi connectivity index (χ4v) is 1.25. The van der Waals surface area contributed by atoms with Crippen LogP contribution in [-0.4, -0.2) is 4.98 Å². The third kappa shape index (κ3) is 2.99. The third-order valence-corrected chi connectivity index (χ3v) is 1.86. The Balaban J connectivity index is 2.76. The topological polar surface area (TPSA) is 38.9 Å². The minimum Gasteiger partial charge on any atom is -0.322 e. The average molecular weight is 176 g/mol. The molecule has 0 unspecified atom stereocenters. The SMILES string of the molecule is C=C(C)C[C@H](N)c1cccc(C)n1. The first-order valence-corrected chi connectivity index (χ1v) is 4.43. The second-order valence-electron chi connectivity index (χ2n) is 3.47. The Morgan fingerprint density at radius 2 is 2.31 bits per heavy atom. The van der Waals surface area contributed by atoms with Crippen molar-refractivity contribution in [1.82, 2.24) is 4.98 Å². The molecule has 2 nitrogen and oxygen atoms in total.